The van der Waals surface area contributed by atoms with E-state index in [1.807, 2.05) is 0 Å². The Bertz CT molecular complexity index is 569. The molecule has 1 aromatic carbocycles. The van der Waals surface area contributed by atoms with E-state index in [-0.39, 0.29) is 0 Å². The summed E-state index contributed by atoms with van der Waals surface area (Å²) in [6, 6.07) is 6.93. The highest BCUT2D eigenvalue weighted by atomic mass is 79.9. The van der Waals surface area contributed by atoms with E-state index in [1.54, 1.807) is 11.8 Å². The predicted octanol–water partition coefficient (Wildman–Crippen LogP) is 4.51. The lowest BCUT2D eigenvalue weighted by Crippen LogP contribution is -2.21. The number of aryl methyl sites for hydroxylation is 1. The lowest BCUT2D eigenvalue weighted by Gasteiger charge is -2.10. The highest BCUT2D eigenvalue weighted by Crippen LogP contribution is 2.32. The number of hydrogen-bond donors (Lipinski definition) is 1. The zero-order valence-electron chi connectivity index (χ0n) is 11.8. The van der Waals surface area contributed by atoms with Crippen LogP contribution < -0.4 is 5.32 Å². The molecule has 20 heavy (non-hydrogen) atoms. The van der Waals surface area contributed by atoms with Gasteiger partial charge in [-0.05, 0) is 29.2 Å². The molecule has 0 bridgehead atoms. The molecule has 3 nitrogen and oxygen atoms in total. The van der Waals surface area contributed by atoms with Crippen LogP contribution in [0.3, 0.4) is 0 Å². The van der Waals surface area contributed by atoms with E-state index in [2.05, 4.69) is 69.6 Å². The number of aromatic nitrogens is 2. The third-order valence-corrected chi connectivity index (χ3v) is 5.21. The Morgan fingerprint density at radius 2 is 2.20 bits per heavy atom. The minimum Gasteiger partial charge on any atom is -0.310 e. The number of rotatable bonds is 6. The number of benzene rings is 1. The van der Waals surface area contributed by atoms with Gasteiger partial charge in [0.25, 0.3) is 0 Å². The monoisotopic (exact) mass is 371 g/mol. The number of nitrogens with zero attached hydrogens (tertiary/aromatic N) is 2. The molecule has 0 radical (unpaired) electrons. The summed E-state index contributed by atoms with van der Waals surface area (Å²) in [4.78, 5) is 5.66. The van der Waals surface area contributed by atoms with Crippen LogP contribution in [0.2, 0.25) is 0 Å². The maximum atomic E-state index is 4.48. The summed E-state index contributed by atoms with van der Waals surface area (Å²) in [6.45, 7) is 7.25. The molecule has 0 fully saturated rings. The molecule has 0 unspecified atom stereocenters. The fourth-order valence-electron chi connectivity index (χ4n) is 1.57. The molecular weight excluding hydrogens is 354 g/mol. The van der Waals surface area contributed by atoms with Crippen LogP contribution in [0, 0.1) is 0 Å². The number of nitrogens with one attached hydrogen (secondary N) is 1. The van der Waals surface area contributed by atoms with Crippen LogP contribution in [0.1, 0.15) is 32.2 Å². The van der Waals surface area contributed by atoms with Gasteiger partial charge in [0.2, 0.25) is 0 Å². The molecule has 0 atom stereocenters. The molecule has 1 N–H and O–H groups in total. The third kappa shape index (κ3) is 4.55. The second-order valence-electron chi connectivity index (χ2n) is 4.72. The molecule has 6 heteroatoms. The summed E-state index contributed by atoms with van der Waals surface area (Å²) in [7, 11) is 0. The molecule has 0 aliphatic rings. The van der Waals surface area contributed by atoms with Gasteiger partial charge in [0.05, 0.1) is 0 Å². The topological polar surface area (TPSA) is 37.8 Å². The average molecular weight is 372 g/mol. The maximum absolute atomic E-state index is 4.48. The van der Waals surface area contributed by atoms with Gasteiger partial charge in [-0.25, -0.2) is 4.98 Å². The van der Waals surface area contributed by atoms with Crippen molar-refractivity contribution in [3.8, 4) is 0 Å². The van der Waals surface area contributed by atoms with Crippen LogP contribution in [-0.4, -0.2) is 15.4 Å². The van der Waals surface area contributed by atoms with Crippen molar-refractivity contribution in [3.63, 3.8) is 0 Å². The second-order valence-corrected chi connectivity index (χ2v) is 7.65. The largest absolute Gasteiger partial charge is 0.310 e. The van der Waals surface area contributed by atoms with Crippen LogP contribution in [-0.2, 0) is 13.0 Å². The molecule has 1 heterocycles. The normalized spacial score (nSPS) is 11.2. The first-order chi connectivity index (χ1) is 9.58. The summed E-state index contributed by atoms with van der Waals surface area (Å²) in [6.07, 6.45) is 0.889. The predicted molar refractivity (Wildman–Crippen MR) is 89.5 cm³/mol. The summed E-state index contributed by atoms with van der Waals surface area (Å²) >= 11 is 6.78. The van der Waals surface area contributed by atoms with Crippen molar-refractivity contribution in [2.75, 3.05) is 0 Å². The van der Waals surface area contributed by atoms with Crippen molar-refractivity contribution < 1.29 is 0 Å². The van der Waals surface area contributed by atoms with Gasteiger partial charge in [-0.3, -0.25) is 0 Å². The number of hydrogen-bond acceptors (Lipinski definition) is 5. The van der Waals surface area contributed by atoms with Crippen molar-refractivity contribution in [2.45, 2.75) is 49.0 Å². The van der Waals surface area contributed by atoms with Crippen LogP contribution >= 0.6 is 39.2 Å². The zero-order valence-corrected chi connectivity index (χ0v) is 15.0. The summed E-state index contributed by atoms with van der Waals surface area (Å²) in [5.74, 6) is 0.925. The summed E-state index contributed by atoms with van der Waals surface area (Å²) in [5.41, 5.74) is 1.27. The van der Waals surface area contributed by atoms with Gasteiger partial charge in [0, 0.05) is 28.4 Å². The van der Waals surface area contributed by atoms with Gasteiger partial charge < -0.3 is 5.32 Å². The maximum Gasteiger partial charge on any atom is 0.174 e. The molecule has 0 amide bonds. The number of halogens is 1. The van der Waals surface area contributed by atoms with E-state index in [4.69, 9.17) is 0 Å². The van der Waals surface area contributed by atoms with Crippen LogP contribution in [0.15, 0.2) is 31.9 Å². The van der Waals surface area contributed by atoms with E-state index in [1.165, 1.54) is 22.0 Å². The van der Waals surface area contributed by atoms with Crippen LogP contribution in [0.25, 0.3) is 0 Å². The van der Waals surface area contributed by atoms with Gasteiger partial charge in [-0.15, -0.1) is 0 Å². The quantitative estimate of drug-likeness (QED) is 0.810. The highest BCUT2D eigenvalue weighted by Gasteiger charge is 2.07. The second kappa shape index (κ2) is 7.54. The first-order valence-electron chi connectivity index (χ1n) is 6.60. The molecular formula is C14H18BrN3S2. The Hall–Kier alpha value is -0.430. The van der Waals surface area contributed by atoms with E-state index in [0.29, 0.717) is 6.04 Å². The Kier molecular flexibility index (Phi) is 6.01. The van der Waals surface area contributed by atoms with Gasteiger partial charge in [0.15, 0.2) is 4.34 Å². The molecule has 0 saturated heterocycles. The fraction of sp³-hybridized carbons (Fsp3) is 0.429. The molecule has 2 aromatic rings. The zero-order chi connectivity index (χ0) is 14.5. The van der Waals surface area contributed by atoms with E-state index in [0.717, 1.165) is 27.6 Å². The van der Waals surface area contributed by atoms with E-state index < -0.39 is 0 Å². The summed E-state index contributed by atoms with van der Waals surface area (Å²) in [5, 5.41) is 3.43. The molecule has 2 rings (SSSR count). The SMILES string of the molecule is CCc1nsc(Sc2ccc(CNC(C)C)c(Br)c2)n1. The highest BCUT2D eigenvalue weighted by molar-refractivity contribution is 9.10. The van der Waals surface area contributed by atoms with Crippen molar-refractivity contribution >= 4 is 39.2 Å². The van der Waals surface area contributed by atoms with Crippen molar-refractivity contribution in [1.29, 1.82) is 0 Å². The first-order valence-corrected chi connectivity index (χ1v) is 8.99. The Morgan fingerprint density at radius 3 is 2.80 bits per heavy atom. The van der Waals surface area contributed by atoms with Gasteiger partial charge in [0.1, 0.15) is 5.82 Å². The lowest BCUT2D eigenvalue weighted by atomic mass is 10.2. The molecule has 108 valence electrons. The molecule has 1 aromatic heterocycles. The lowest BCUT2D eigenvalue weighted by molar-refractivity contribution is 0.587. The summed E-state index contributed by atoms with van der Waals surface area (Å²) < 4.78 is 6.44. The minimum absolute atomic E-state index is 0.491. The molecule has 0 spiro atoms. The Labute approximate surface area is 136 Å². The average Bonchev–Trinajstić information content (AvgIpc) is 2.85. The van der Waals surface area contributed by atoms with E-state index in [9.17, 15) is 0 Å². The van der Waals surface area contributed by atoms with Gasteiger partial charge in [-0.1, -0.05) is 54.5 Å². The van der Waals surface area contributed by atoms with Gasteiger partial charge >= 0.3 is 0 Å². The molecule has 0 aliphatic heterocycles. The molecule has 0 saturated carbocycles. The van der Waals surface area contributed by atoms with Crippen molar-refractivity contribution in [1.82, 2.24) is 14.7 Å². The minimum atomic E-state index is 0.491. The van der Waals surface area contributed by atoms with Crippen LogP contribution in [0.4, 0.5) is 0 Å². The third-order valence-electron chi connectivity index (χ3n) is 2.70. The van der Waals surface area contributed by atoms with Crippen LogP contribution in [0.5, 0.6) is 0 Å². The smallest absolute Gasteiger partial charge is 0.174 e. The van der Waals surface area contributed by atoms with Crippen molar-refractivity contribution in [3.05, 3.63) is 34.1 Å². The Balaban J connectivity index is 2.04. The Morgan fingerprint density at radius 1 is 1.40 bits per heavy atom. The van der Waals surface area contributed by atoms with Gasteiger partial charge in [-0.2, -0.15) is 4.37 Å². The van der Waals surface area contributed by atoms with Crippen molar-refractivity contribution in [2.24, 2.45) is 0 Å². The standard InChI is InChI=1S/C14H18BrN3S2/c1-4-13-17-14(20-18-13)19-11-6-5-10(12(15)7-11)8-16-9(2)3/h5-7,9,16H,4,8H2,1-3H3. The first kappa shape index (κ1) is 15.9. The fourth-order valence-corrected chi connectivity index (χ4v) is 3.96. The van der Waals surface area contributed by atoms with E-state index >= 15 is 0 Å². The molecule has 0 aliphatic carbocycles.